The Balaban J connectivity index is 2.33. The number of halogens is 6. The molecule has 9 heteroatoms. The minimum absolute atomic E-state index is 0.0185. The van der Waals surface area contributed by atoms with Gasteiger partial charge in [-0.3, -0.25) is 0 Å². The molecule has 1 aromatic heterocycles. The van der Waals surface area contributed by atoms with E-state index in [2.05, 4.69) is 4.98 Å². The predicted octanol–water partition coefficient (Wildman–Crippen LogP) is 4.82. The number of alkyl halides is 4. The highest BCUT2D eigenvalue weighted by molar-refractivity contribution is 8.00. The van der Waals surface area contributed by atoms with Crippen LogP contribution < -0.4 is 0 Å². The molecule has 2 rings (SSSR count). The van der Waals surface area contributed by atoms with Crippen molar-refractivity contribution in [1.82, 2.24) is 9.55 Å². The number of fused-ring (bicyclic) bond motifs is 1. The fourth-order valence-corrected chi connectivity index (χ4v) is 2.64. The minimum atomic E-state index is -4.30. The molecule has 1 heterocycles. The van der Waals surface area contributed by atoms with Gasteiger partial charge >= 0.3 is 5.51 Å². The Kier molecular flexibility index (Phi) is 4.71. The zero-order chi connectivity index (χ0) is 14.9. The first-order valence-electron chi connectivity index (χ1n) is 5.42. The Labute approximate surface area is 126 Å². The second-order valence-corrected chi connectivity index (χ2v) is 5.70. The van der Waals surface area contributed by atoms with Crippen LogP contribution in [0.15, 0.2) is 12.1 Å². The van der Waals surface area contributed by atoms with E-state index in [1.54, 1.807) is 0 Å². The fourth-order valence-electron chi connectivity index (χ4n) is 1.77. The van der Waals surface area contributed by atoms with Gasteiger partial charge in [-0.15, -0.1) is 11.6 Å². The summed E-state index contributed by atoms with van der Waals surface area (Å²) in [6.07, 6.45) is 0. The van der Waals surface area contributed by atoms with E-state index in [0.717, 1.165) is 6.07 Å². The van der Waals surface area contributed by atoms with Gasteiger partial charge in [0.05, 0.1) is 21.9 Å². The van der Waals surface area contributed by atoms with Crippen molar-refractivity contribution in [2.45, 2.75) is 17.9 Å². The smallest absolute Gasteiger partial charge is 0.326 e. The Hall–Kier alpha value is -0.660. The van der Waals surface area contributed by atoms with E-state index in [1.165, 1.54) is 10.6 Å². The second kappa shape index (κ2) is 5.99. The van der Waals surface area contributed by atoms with Gasteiger partial charge in [0, 0.05) is 18.4 Å². The molecular formula is C11H8Cl2F4N2S. The summed E-state index contributed by atoms with van der Waals surface area (Å²) < 4.78 is 51.3. The maximum Gasteiger partial charge on any atom is 0.441 e. The maximum absolute atomic E-state index is 13.5. The van der Waals surface area contributed by atoms with Crippen molar-refractivity contribution < 1.29 is 17.6 Å². The molecule has 1 aromatic carbocycles. The molecule has 110 valence electrons. The van der Waals surface area contributed by atoms with Gasteiger partial charge in [0.25, 0.3) is 0 Å². The van der Waals surface area contributed by atoms with Crippen molar-refractivity contribution in [2.24, 2.45) is 0 Å². The predicted molar refractivity (Wildman–Crippen MR) is 72.8 cm³/mol. The number of benzene rings is 1. The van der Waals surface area contributed by atoms with Gasteiger partial charge in [-0.05, 0) is 17.8 Å². The lowest BCUT2D eigenvalue weighted by molar-refractivity contribution is -0.0328. The van der Waals surface area contributed by atoms with Gasteiger partial charge in [0.2, 0.25) is 0 Å². The summed E-state index contributed by atoms with van der Waals surface area (Å²) >= 11 is 11.2. The van der Waals surface area contributed by atoms with Gasteiger partial charge in [-0.25, -0.2) is 9.37 Å². The van der Waals surface area contributed by atoms with Gasteiger partial charge in [0.15, 0.2) is 0 Å². The van der Waals surface area contributed by atoms with Crippen molar-refractivity contribution in [2.75, 3.05) is 5.75 Å². The van der Waals surface area contributed by atoms with Crippen LogP contribution >= 0.6 is 35.0 Å². The lowest BCUT2D eigenvalue weighted by Gasteiger charge is -2.09. The first kappa shape index (κ1) is 15.7. The van der Waals surface area contributed by atoms with E-state index >= 15 is 0 Å². The summed E-state index contributed by atoms with van der Waals surface area (Å²) in [5.74, 6) is -0.454. The van der Waals surface area contributed by atoms with Crippen LogP contribution in [0.1, 0.15) is 5.82 Å². The molecule has 0 saturated carbocycles. The molecule has 0 aliphatic rings. The zero-order valence-corrected chi connectivity index (χ0v) is 12.2. The Bertz CT molecular complexity index is 627. The quantitative estimate of drug-likeness (QED) is 0.583. The van der Waals surface area contributed by atoms with Crippen LogP contribution in [0.5, 0.6) is 0 Å². The molecular weight excluding hydrogens is 339 g/mol. The summed E-state index contributed by atoms with van der Waals surface area (Å²) in [5, 5.41) is -0.0899. The first-order valence-corrected chi connectivity index (χ1v) is 7.32. The highest BCUT2D eigenvalue weighted by Crippen LogP contribution is 2.31. The summed E-state index contributed by atoms with van der Waals surface area (Å²) in [6.45, 7) is 0.0315. The van der Waals surface area contributed by atoms with Crippen LogP contribution in [0.25, 0.3) is 11.0 Å². The topological polar surface area (TPSA) is 17.8 Å². The van der Waals surface area contributed by atoms with Crippen molar-refractivity contribution in [1.29, 1.82) is 0 Å². The molecule has 20 heavy (non-hydrogen) atoms. The number of aryl methyl sites for hydroxylation is 1. The van der Waals surface area contributed by atoms with Crippen LogP contribution in [0, 0.1) is 5.82 Å². The third-order valence-corrected chi connectivity index (χ3v) is 3.81. The average molecular weight is 347 g/mol. The van der Waals surface area contributed by atoms with Crippen LogP contribution in [0.2, 0.25) is 5.02 Å². The molecule has 0 atom stereocenters. The third-order valence-electron chi connectivity index (χ3n) is 2.57. The fraction of sp³-hybridized carbons (Fsp3) is 0.364. The standard InChI is InChI=1S/C11H8Cl2F4N2S/c12-5-10-18-8-3-6(13)7(14)4-9(8)19(10)1-2-20-11(15,16)17/h3-4H,1-2,5H2. The Morgan fingerprint density at radius 1 is 1.30 bits per heavy atom. The molecule has 0 bridgehead atoms. The molecule has 0 fully saturated rings. The van der Waals surface area contributed by atoms with Crippen LogP contribution in [-0.4, -0.2) is 20.8 Å². The molecule has 2 nitrogen and oxygen atoms in total. The molecule has 0 spiro atoms. The summed E-state index contributed by atoms with van der Waals surface area (Å²) in [7, 11) is 0. The molecule has 0 aliphatic heterocycles. The summed E-state index contributed by atoms with van der Waals surface area (Å²) in [4.78, 5) is 4.14. The normalized spacial score (nSPS) is 12.3. The number of thioether (sulfide) groups is 1. The van der Waals surface area contributed by atoms with Gasteiger partial charge in [-0.2, -0.15) is 13.2 Å². The SMILES string of the molecule is Fc1cc2c(cc1Cl)nc(CCl)n2CCSC(F)(F)F. The molecule has 0 amide bonds. The molecule has 0 radical (unpaired) electrons. The number of aromatic nitrogens is 2. The van der Waals surface area contributed by atoms with E-state index in [-0.39, 0.29) is 35.0 Å². The van der Waals surface area contributed by atoms with Gasteiger partial charge in [-0.1, -0.05) is 11.6 Å². The molecule has 0 unspecified atom stereocenters. The van der Waals surface area contributed by atoms with E-state index in [4.69, 9.17) is 23.2 Å². The zero-order valence-electron chi connectivity index (χ0n) is 9.85. The molecule has 2 aromatic rings. The summed E-state index contributed by atoms with van der Waals surface area (Å²) in [6, 6.07) is 2.48. The third kappa shape index (κ3) is 3.51. The number of nitrogens with zero attached hydrogens (tertiary/aromatic N) is 2. The maximum atomic E-state index is 13.5. The lowest BCUT2D eigenvalue weighted by atomic mass is 10.3. The van der Waals surface area contributed by atoms with Crippen molar-refractivity contribution >= 4 is 46.0 Å². The molecule has 0 saturated heterocycles. The van der Waals surface area contributed by atoms with Crippen molar-refractivity contribution in [3.05, 3.63) is 28.8 Å². The Morgan fingerprint density at radius 3 is 2.60 bits per heavy atom. The van der Waals surface area contributed by atoms with E-state index in [9.17, 15) is 17.6 Å². The number of imidazole rings is 1. The number of rotatable bonds is 4. The average Bonchev–Trinajstić information content (AvgIpc) is 2.66. The van der Waals surface area contributed by atoms with Gasteiger partial charge in [0.1, 0.15) is 11.6 Å². The van der Waals surface area contributed by atoms with E-state index in [0.29, 0.717) is 16.9 Å². The largest absolute Gasteiger partial charge is 0.441 e. The molecule has 0 aliphatic carbocycles. The van der Waals surface area contributed by atoms with Crippen LogP contribution in [0.3, 0.4) is 0 Å². The lowest BCUT2D eigenvalue weighted by Crippen LogP contribution is -2.09. The first-order chi connectivity index (χ1) is 9.31. The highest BCUT2D eigenvalue weighted by atomic mass is 35.5. The Morgan fingerprint density at radius 2 is 2.00 bits per heavy atom. The minimum Gasteiger partial charge on any atom is -0.326 e. The van der Waals surface area contributed by atoms with Crippen molar-refractivity contribution in [3.8, 4) is 0 Å². The highest BCUT2D eigenvalue weighted by Gasteiger charge is 2.27. The van der Waals surface area contributed by atoms with E-state index in [1.807, 2.05) is 0 Å². The van der Waals surface area contributed by atoms with Gasteiger partial charge < -0.3 is 4.57 Å². The monoisotopic (exact) mass is 346 g/mol. The van der Waals surface area contributed by atoms with E-state index < -0.39 is 11.3 Å². The van der Waals surface area contributed by atoms with Crippen LogP contribution in [-0.2, 0) is 12.4 Å². The summed E-state index contributed by atoms with van der Waals surface area (Å²) in [5.41, 5.74) is -3.51. The van der Waals surface area contributed by atoms with Crippen LogP contribution in [0.4, 0.5) is 17.6 Å². The van der Waals surface area contributed by atoms with Crippen molar-refractivity contribution in [3.63, 3.8) is 0 Å². The number of hydrogen-bond donors (Lipinski definition) is 0. The number of hydrogen-bond acceptors (Lipinski definition) is 2. The second-order valence-electron chi connectivity index (χ2n) is 3.86. The molecule has 0 N–H and O–H groups in total.